The molecule has 5 heterocycles. The third kappa shape index (κ3) is 4.83. The summed E-state index contributed by atoms with van der Waals surface area (Å²) in [6.07, 6.45) is 4.28. The number of fused-ring (bicyclic) bond motifs is 3. The first-order chi connectivity index (χ1) is 19.2. The van der Waals surface area contributed by atoms with Crippen molar-refractivity contribution in [2.45, 2.75) is 59.2 Å². The maximum absolute atomic E-state index is 15.0. The molecule has 0 saturated carbocycles. The molecule has 0 unspecified atom stereocenters. The van der Waals surface area contributed by atoms with Crippen LogP contribution in [0.4, 0.5) is 20.5 Å². The monoisotopic (exact) mass is 546 g/mol. The van der Waals surface area contributed by atoms with E-state index >= 15 is 4.39 Å². The van der Waals surface area contributed by atoms with Crippen LogP contribution in [0.5, 0.6) is 0 Å². The zero-order chi connectivity index (χ0) is 28.1. The van der Waals surface area contributed by atoms with Crippen LogP contribution in [-0.2, 0) is 0 Å². The van der Waals surface area contributed by atoms with Crippen LogP contribution in [0.1, 0.15) is 57.6 Å². The lowest BCUT2D eigenvalue weighted by molar-refractivity contribution is 0.127. The number of anilines is 2. The summed E-state index contributed by atoms with van der Waals surface area (Å²) < 4.78 is 31.8. The summed E-state index contributed by atoms with van der Waals surface area (Å²) in [5.74, 6) is 1.03. The van der Waals surface area contributed by atoms with Crippen LogP contribution in [0.25, 0.3) is 22.3 Å². The van der Waals surface area contributed by atoms with E-state index in [2.05, 4.69) is 55.0 Å². The summed E-state index contributed by atoms with van der Waals surface area (Å²) in [4.78, 5) is 22.6. The second kappa shape index (κ2) is 10.5. The molecule has 2 bridgehead atoms. The van der Waals surface area contributed by atoms with Crippen LogP contribution in [0.2, 0.25) is 0 Å². The normalized spacial score (nSPS) is 20.5. The second-order valence-corrected chi connectivity index (χ2v) is 11.4. The van der Waals surface area contributed by atoms with E-state index < -0.39 is 11.6 Å². The molecule has 6 rings (SSSR count). The molecule has 2 saturated heterocycles. The number of hydrogen-bond donors (Lipinski definition) is 1. The number of piperidine rings is 1. The van der Waals surface area contributed by atoms with Crippen LogP contribution in [0, 0.1) is 24.5 Å². The first kappa shape index (κ1) is 26.7. The number of aryl methyl sites for hydroxylation is 1. The molecule has 4 aromatic rings. The molecule has 0 amide bonds. The fourth-order valence-electron chi connectivity index (χ4n) is 6.53. The Hall–Kier alpha value is -3.50. The van der Waals surface area contributed by atoms with Gasteiger partial charge in [0.1, 0.15) is 22.9 Å². The van der Waals surface area contributed by atoms with Gasteiger partial charge in [0, 0.05) is 49.5 Å². The number of hydrogen-bond acceptors (Lipinski definition) is 7. The highest BCUT2D eigenvalue weighted by Crippen LogP contribution is 2.34. The van der Waals surface area contributed by atoms with Crippen molar-refractivity contribution < 1.29 is 8.78 Å². The maximum atomic E-state index is 15.0. The lowest BCUT2D eigenvalue weighted by Crippen LogP contribution is -2.43. The molecule has 1 aromatic carbocycles. The molecule has 0 spiro atoms. The molecule has 10 heteroatoms. The molecule has 2 fully saturated rings. The highest BCUT2D eigenvalue weighted by molar-refractivity contribution is 5.83. The quantitative estimate of drug-likeness (QED) is 0.310. The van der Waals surface area contributed by atoms with Crippen LogP contribution < -0.4 is 5.32 Å². The number of pyridine rings is 1. The van der Waals surface area contributed by atoms with E-state index in [1.807, 2.05) is 37.6 Å². The minimum atomic E-state index is -0.633. The molecule has 3 aromatic heterocycles. The summed E-state index contributed by atoms with van der Waals surface area (Å²) >= 11 is 0. The molecule has 2 aliphatic heterocycles. The van der Waals surface area contributed by atoms with Gasteiger partial charge in [0.05, 0.1) is 11.7 Å². The number of halogens is 2. The number of aromatic nitrogens is 5. The highest BCUT2D eigenvalue weighted by Gasteiger charge is 2.39. The summed E-state index contributed by atoms with van der Waals surface area (Å²) in [6.45, 7) is 14.8. The van der Waals surface area contributed by atoms with E-state index in [9.17, 15) is 4.39 Å². The lowest BCUT2D eigenvalue weighted by Gasteiger charge is -2.37. The van der Waals surface area contributed by atoms with Crippen LogP contribution in [0.15, 0.2) is 36.7 Å². The minimum Gasteiger partial charge on any atom is -0.326 e. The zero-order valence-electron chi connectivity index (χ0n) is 23.7. The predicted molar refractivity (Wildman–Crippen MR) is 152 cm³/mol. The zero-order valence-corrected chi connectivity index (χ0v) is 23.7. The smallest absolute Gasteiger partial charge is 0.229 e. The molecule has 3 atom stereocenters. The number of imidazole rings is 1. The number of nitrogens with one attached hydrogen (secondary N) is 1. The summed E-state index contributed by atoms with van der Waals surface area (Å²) in [5, 5.41) is 3.08. The summed E-state index contributed by atoms with van der Waals surface area (Å²) in [7, 11) is 0. The Labute approximate surface area is 233 Å². The second-order valence-electron chi connectivity index (χ2n) is 11.4. The Morgan fingerprint density at radius 1 is 1.00 bits per heavy atom. The lowest BCUT2D eigenvalue weighted by atomic mass is 9.97. The van der Waals surface area contributed by atoms with Crippen molar-refractivity contribution in [2.75, 3.05) is 31.5 Å². The van der Waals surface area contributed by atoms with Gasteiger partial charge in [-0.2, -0.15) is 0 Å². The van der Waals surface area contributed by atoms with Crippen molar-refractivity contribution in [1.82, 2.24) is 34.3 Å². The highest BCUT2D eigenvalue weighted by atomic mass is 19.1. The fourth-order valence-corrected chi connectivity index (χ4v) is 6.53. The fraction of sp³-hybridized carbons (Fsp3) is 0.467. The van der Waals surface area contributed by atoms with Gasteiger partial charge in [0.15, 0.2) is 11.6 Å². The van der Waals surface area contributed by atoms with Crippen molar-refractivity contribution in [1.29, 1.82) is 0 Å². The van der Waals surface area contributed by atoms with Crippen LogP contribution in [0.3, 0.4) is 0 Å². The first-order valence-corrected chi connectivity index (χ1v) is 14.1. The Bertz CT molecular complexity index is 1530. The summed E-state index contributed by atoms with van der Waals surface area (Å²) in [5.41, 5.74) is 2.35. The van der Waals surface area contributed by atoms with E-state index in [0.717, 1.165) is 37.3 Å². The first-order valence-electron chi connectivity index (χ1n) is 14.1. The van der Waals surface area contributed by atoms with Crippen molar-refractivity contribution in [3.05, 3.63) is 59.7 Å². The Morgan fingerprint density at radius 2 is 1.82 bits per heavy atom. The van der Waals surface area contributed by atoms with Crippen LogP contribution in [-0.4, -0.2) is 66.5 Å². The molecule has 0 radical (unpaired) electrons. The number of likely N-dealkylation sites (N-methyl/N-ethyl adjacent to an activating group) is 1. The predicted octanol–water partition coefficient (Wildman–Crippen LogP) is 5.89. The molecule has 0 aliphatic carbocycles. The molecule has 2 aliphatic rings. The van der Waals surface area contributed by atoms with Crippen LogP contribution >= 0.6 is 0 Å². The van der Waals surface area contributed by atoms with Crippen molar-refractivity contribution >= 4 is 22.8 Å². The molecular weight excluding hydrogens is 510 g/mol. The molecule has 40 heavy (non-hydrogen) atoms. The average molecular weight is 547 g/mol. The van der Waals surface area contributed by atoms with Gasteiger partial charge in [0.2, 0.25) is 5.95 Å². The summed E-state index contributed by atoms with van der Waals surface area (Å²) in [6, 6.07) is 7.95. The number of benzene rings is 1. The van der Waals surface area contributed by atoms with E-state index in [4.69, 9.17) is 0 Å². The molecule has 1 N–H and O–H groups in total. The van der Waals surface area contributed by atoms with Crippen molar-refractivity contribution in [3.8, 4) is 11.3 Å². The van der Waals surface area contributed by atoms with Crippen molar-refractivity contribution in [3.63, 3.8) is 0 Å². The van der Waals surface area contributed by atoms with E-state index in [1.165, 1.54) is 19.0 Å². The Balaban J connectivity index is 1.21. The van der Waals surface area contributed by atoms with Gasteiger partial charge in [-0.15, -0.1) is 0 Å². The van der Waals surface area contributed by atoms with E-state index in [-0.39, 0.29) is 29.2 Å². The Kier molecular flexibility index (Phi) is 7.00. The number of nitrogens with zero attached hydrogens (tertiary/aromatic N) is 7. The Morgan fingerprint density at radius 3 is 2.55 bits per heavy atom. The van der Waals surface area contributed by atoms with Gasteiger partial charge in [0.25, 0.3) is 0 Å². The van der Waals surface area contributed by atoms with E-state index in [1.54, 1.807) is 6.07 Å². The van der Waals surface area contributed by atoms with Gasteiger partial charge in [-0.05, 0) is 70.3 Å². The van der Waals surface area contributed by atoms with Gasteiger partial charge in [-0.1, -0.05) is 13.0 Å². The largest absolute Gasteiger partial charge is 0.326 e. The van der Waals surface area contributed by atoms with Gasteiger partial charge in [-0.3, -0.25) is 9.80 Å². The van der Waals surface area contributed by atoms with Gasteiger partial charge >= 0.3 is 0 Å². The van der Waals surface area contributed by atoms with E-state index in [0.29, 0.717) is 28.8 Å². The van der Waals surface area contributed by atoms with Crippen molar-refractivity contribution in [2.24, 2.45) is 5.92 Å². The molecule has 210 valence electrons. The molecular formula is C30H36F2N8. The van der Waals surface area contributed by atoms with Gasteiger partial charge in [-0.25, -0.2) is 28.7 Å². The topological polar surface area (TPSA) is 75.0 Å². The minimum absolute atomic E-state index is 0.0125. The van der Waals surface area contributed by atoms with Gasteiger partial charge < -0.3 is 9.88 Å². The SMILES string of the molecule is CCN1C[C@@H]2C[C@H]1CN([C@H](C)c1ccc(Nc3ncc(F)c(-c4cc(F)c5nc(C)n(C(C)C)c5c4)n3)nc1)C2. The number of rotatable bonds is 7. The third-order valence-corrected chi connectivity index (χ3v) is 8.47. The average Bonchev–Trinajstić information content (AvgIpc) is 3.43. The standard InChI is InChI=1S/C30H36F2N8/c1-6-38-14-20-9-23(38)16-39(15-20)18(4)21-7-8-27(33-12-21)36-30-34-13-25(32)28(37-30)22-10-24(31)29-26(11-22)40(17(2)3)19(5)35-29/h7-8,10-13,17-18,20,23H,6,9,14-16H2,1-5H3,(H,33,34,36,37)/t18-,20+,23+/m1/s1. The maximum Gasteiger partial charge on any atom is 0.229 e. The third-order valence-electron chi connectivity index (χ3n) is 8.47. The molecule has 8 nitrogen and oxygen atoms in total. The number of likely N-dealkylation sites (tertiary alicyclic amines) is 2.